The van der Waals surface area contributed by atoms with Gasteiger partial charge in [0, 0.05) is 42.9 Å². The Morgan fingerprint density at radius 3 is 2.22 bits per heavy atom. The van der Waals surface area contributed by atoms with Crippen molar-refractivity contribution in [3.8, 4) is 34.5 Å². The number of carboxylic acid groups (broad SMARTS) is 1. The molecule has 16 nitrogen and oxygen atoms in total. The average molecular weight is 806 g/mol. The molecule has 3 heterocycles. The van der Waals surface area contributed by atoms with E-state index in [-0.39, 0.29) is 47.3 Å². The van der Waals surface area contributed by atoms with E-state index in [1.54, 1.807) is 26.4 Å². The molecule has 0 amide bonds. The van der Waals surface area contributed by atoms with Crippen LogP contribution in [0.5, 0.6) is 34.5 Å². The van der Waals surface area contributed by atoms with Crippen LogP contribution in [0.25, 0.3) is 10.9 Å². The van der Waals surface area contributed by atoms with Crippen LogP contribution in [0, 0.1) is 17.8 Å². The number of hydrogen-bond donors (Lipinski definition) is 5. The number of esters is 2. The van der Waals surface area contributed by atoms with Crippen molar-refractivity contribution in [2.75, 3.05) is 55.7 Å². The van der Waals surface area contributed by atoms with Crippen LogP contribution in [-0.2, 0) is 36.6 Å². The summed E-state index contributed by atoms with van der Waals surface area (Å²) in [5.74, 6) is -1.17. The summed E-state index contributed by atoms with van der Waals surface area (Å²) in [6.45, 7) is 1.68. The molecule has 4 aromatic rings. The first-order valence-electron chi connectivity index (χ1n) is 18.9. The van der Waals surface area contributed by atoms with E-state index >= 15 is 0 Å². The van der Waals surface area contributed by atoms with Crippen molar-refractivity contribution in [3.63, 3.8) is 0 Å². The lowest BCUT2D eigenvalue weighted by Gasteiger charge is -2.52. The maximum Gasteiger partial charge on any atom is 0.338 e. The van der Waals surface area contributed by atoms with Gasteiger partial charge in [-0.3, -0.25) is 14.5 Å². The molecular formula is C42H51N3O13. The summed E-state index contributed by atoms with van der Waals surface area (Å²) >= 11 is 0. The molecule has 1 saturated heterocycles. The van der Waals surface area contributed by atoms with Gasteiger partial charge in [0.1, 0.15) is 24.0 Å². The van der Waals surface area contributed by atoms with E-state index in [0.29, 0.717) is 29.2 Å². The van der Waals surface area contributed by atoms with Crippen LogP contribution in [0.4, 0.5) is 0 Å². The number of carboxylic acids is 1. The summed E-state index contributed by atoms with van der Waals surface area (Å²) in [5, 5.41) is 27.8. The number of hydrogen-bond acceptors (Lipinski definition) is 14. The van der Waals surface area contributed by atoms with Gasteiger partial charge in [-0.05, 0) is 85.0 Å². The Balaban J connectivity index is 0.000000344. The van der Waals surface area contributed by atoms with Crippen molar-refractivity contribution in [1.29, 1.82) is 0 Å². The van der Waals surface area contributed by atoms with Crippen molar-refractivity contribution in [1.82, 2.24) is 9.88 Å². The van der Waals surface area contributed by atoms with Crippen LogP contribution in [0.3, 0.4) is 0 Å². The largest absolute Gasteiger partial charge is 0.504 e. The summed E-state index contributed by atoms with van der Waals surface area (Å²) < 4.78 is 39.1. The highest BCUT2D eigenvalue weighted by molar-refractivity contribution is 5.91. The average Bonchev–Trinajstić information content (AvgIpc) is 3.61. The molecule has 7 atom stereocenters. The number of aliphatic carboxylic acids is 1. The Kier molecular flexibility index (Phi) is 12.9. The van der Waals surface area contributed by atoms with Crippen LogP contribution in [0.1, 0.15) is 46.1 Å². The molecule has 58 heavy (non-hydrogen) atoms. The van der Waals surface area contributed by atoms with E-state index in [1.165, 1.54) is 63.3 Å². The van der Waals surface area contributed by atoms with Gasteiger partial charge in [-0.2, -0.15) is 0 Å². The van der Waals surface area contributed by atoms with Crippen molar-refractivity contribution < 1.29 is 62.9 Å². The topological polar surface area (TPSA) is 222 Å². The summed E-state index contributed by atoms with van der Waals surface area (Å²) in [6.07, 6.45) is 1.03. The Hall–Kier alpha value is -5.71. The third kappa shape index (κ3) is 8.31. The summed E-state index contributed by atoms with van der Waals surface area (Å²) in [5.41, 5.74) is 9.69. The molecule has 312 valence electrons. The second-order valence-electron chi connectivity index (χ2n) is 14.7. The summed E-state index contributed by atoms with van der Waals surface area (Å²) in [7, 11) is 9.10. The SMILES string of the molecule is COC(=O)[C@H]1[C@H]2C[C@@H]3c4[nH]c5cc(OC)ccc5c4CCN3C[C@H]2C[C@@H](OC(=O)c2cc(OC)c(OC)c(OC)c2)[C@@H]1OC.N[C@@H](Cc1ccc(O)c(O)c1)C(=O)O. The van der Waals surface area contributed by atoms with Gasteiger partial charge in [0.15, 0.2) is 23.0 Å². The second-order valence-corrected chi connectivity index (χ2v) is 14.7. The molecule has 7 rings (SSSR count). The maximum atomic E-state index is 13.5. The quantitative estimate of drug-likeness (QED) is 0.106. The van der Waals surface area contributed by atoms with Crippen LogP contribution in [0.15, 0.2) is 48.5 Å². The minimum absolute atomic E-state index is 0.0170. The number of H-pyrrole nitrogens is 1. The molecule has 0 bridgehead atoms. The third-order valence-electron chi connectivity index (χ3n) is 11.6. The molecule has 3 aromatic carbocycles. The number of aromatic hydroxyl groups is 2. The Morgan fingerprint density at radius 2 is 1.62 bits per heavy atom. The predicted octanol–water partition coefficient (Wildman–Crippen LogP) is 4.22. The molecule has 1 aliphatic carbocycles. The maximum absolute atomic E-state index is 13.5. The smallest absolute Gasteiger partial charge is 0.338 e. The van der Waals surface area contributed by atoms with E-state index in [1.807, 2.05) is 12.1 Å². The van der Waals surface area contributed by atoms with Gasteiger partial charge in [-0.25, -0.2) is 4.79 Å². The first kappa shape index (κ1) is 41.9. The molecular weight excluding hydrogens is 754 g/mol. The second kappa shape index (κ2) is 17.8. The van der Waals surface area contributed by atoms with Crippen molar-refractivity contribution in [2.24, 2.45) is 23.5 Å². The lowest BCUT2D eigenvalue weighted by atomic mass is 9.63. The fourth-order valence-electron chi connectivity index (χ4n) is 8.80. The minimum Gasteiger partial charge on any atom is -0.504 e. The summed E-state index contributed by atoms with van der Waals surface area (Å²) in [6, 6.07) is 12.5. The molecule has 1 aromatic heterocycles. The van der Waals surface area contributed by atoms with Crippen LogP contribution < -0.4 is 24.7 Å². The Bertz CT molecular complexity index is 2110. The molecule has 3 aliphatic rings. The molecule has 0 radical (unpaired) electrons. The summed E-state index contributed by atoms with van der Waals surface area (Å²) in [4.78, 5) is 43.6. The number of nitrogens with zero attached hydrogens (tertiary/aromatic N) is 1. The molecule has 16 heteroatoms. The lowest BCUT2D eigenvalue weighted by molar-refractivity contribution is -0.176. The lowest BCUT2D eigenvalue weighted by Crippen LogP contribution is -2.58. The highest BCUT2D eigenvalue weighted by Crippen LogP contribution is 2.51. The number of benzene rings is 3. The van der Waals surface area contributed by atoms with Gasteiger partial charge in [0.05, 0.1) is 53.1 Å². The van der Waals surface area contributed by atoms with Gasteiger partial charge >= 0.3 is 17.9 Å². The number of nitrogens with one attached hydrogen (secondary N) is 1. The Labute approximate surface area is 335 Å². The molecule has 0 spiro atoms. The standard InChI is InChI=1S/C33H40N2O9.C9H11NO4/c1-38-19-7-8-20-21-9-10-35-16-18-13-27(44-32(36)17-11-25(39-2)30(41-4)26(12-17)40-3)31(42-5)28(33(37)43-6)22(18)15-24(35)29(21)34-23(20)14-19;10-6(9(13)14)3-5-1-2-7(11)8(12)4-5/h7-8,11-12,14,18,22,24,27-28,31,34H,9-10,13,15-16H2,1-6H3;1-2,4,6,11-12H,3,10H2,(H,13,14)/t18-,22+,24-,27-,28+,31+;6-/m10/s1. The number of rotatable bonds is 11. The number of phenolic OH excluding ortho intramolecular Hbond substituents is 2. The first-order valence-corrected chi connectivity index (χ1v) is 18.9. The predicted molar refractivity (Wildman–Crippen MR) is 210 cm³/mol. The zero-order valence-electron chi connectivity index (χ0n) is 33.4. The zero-order valence-corrected chi connectivity index (χ0v) is 33.4. The normalized spacial score (nSPS) is 22.8. The van der Waals surface area contributed by atoms with Gasteiger partial charge in [-0.15, -0.1) is 0 Å². The fraction of sp³-hybridized carbons (Fsp3) is 0.452. The molecule has 1 saturated carbocycles. The van der Waals surface area contributed by atoms with Gasteiger partial charge in [-0.1, -0.05) is 6.07 Å². The van der Waals surface area contributed by atoms with Crippen molar-refractivity contribution >= 4 is 28.8 Å². The van der Waals surface area contributed by atoms with E-state index in [0.717, 1.165) is 37.2 Å². The van der Waals surface area contributed by atoms with Crippen LogP contribution >= 0.6 is 0 Å². The number of aromatic amines is 1. The molecule has 2 fully saturated rings. The first-order chi connectivity index (χ1) is 27.8. The molecule has 2 aliphatic heterocycles. The molecule has 6 N–H and O–H groups in total. The number of methoxy groups -OCH3 is 6. The Morgan fingerprint density at radius 1 is 0.897 bits per heavy atom. The molecule has 0 unspecified atom stereocenters. The van der Waals surface area contributed by atoms with E-state index in [9.17, 15) is 14.4 Å². The number of fused-ring (bicyclic) bond motifs is 6. The van der Waals surface area contributed by atoms with Crippen LogP contribution in [-0.4, -0.2) is 117 Å². The zero-order chi connectivity index (χ0) is 41.8. The van der Waals surface area contributed by atoms with E-state index in [4.69, 9.17) is 54.2 Å². The van der Waals surface area contributed by atoms with E-state index in [2.05, 4.69) is 16.0 Å². The number of aromatic nitrogens is 1. The van der Waals surface area contributed by atoms with Crippen molar-refractivity contribution in [2.45, 2.75) is 50.0 Å². The highest BCUT2D eigenvalue weighted by Gasteiger charge is 2.54. The number of carbonyl (C=O) groups is 3. The number of nitrogens with two attached hydrogens (primary N) is 1. The number of piperidine rings is 1. The van der Waals surface area contributed by atoms with Gasteiger partial charge in [0.2, 0.25) is 5.75 Å². The minimum atomic E-state index is -1.10. The number of carbonyl (C=O) groups excluding carboxylic acids is 2. The van der Waals surface area contributed by atoms with E-state index < -0.39 is 36.1 Å². The van der Waals surface area contributed by atoms with Crippen molar-refractivity contribution in [3.05, 3.63) is 70.9 Å². The monoisotopic (exact) mass is 805 g/mol. The fourth-order valence-corrected chi connectivity index (χ4v) is 8.80. The van der Waals surface area contributed by atoms with Gasteiger partial charge in [0.25, 0.3) is 0 Å². The number of phenols is 2. The highest BCUT2D eigenvalue weighted by atomic mass is 16.6. The van der Waals surface area contributed by atoms with Gasteiger partial charge < -0.3 is 59.2 Å². The van der Waals surface area contributed by atoms with Crippen LogP contribution in [0.2, 0.25) is 0 Å². The third-order valence-corrected chi connectivity index (χ3v) is 11.6. The number of ether oxygens (including phenoxy) is 7.